The molecule has 2 aliphatic rings. The fourth-order valence-electron chi connectivity index (χ4n) is 3.54. The molecule has 2 aliphatic heterocycles. The van der Waals surface area contributed by atoms with Crippen LogP contribution < -0.4 is 0 Å². The van der Waals surface area contributed by atoms with Gasteiger partial charge in [-0.1, -0.05) is 0 Å². The van der Waals surface area contributed by atoms with Crippen LogP contribution in [0.3, 0.4) is 0 Å². The molecule has 0 bridgehead atoms. The largest absolute Gasteiger partial charge is 0.379 e. The van der Waals surface area contributed by atoms with Crippen molar-refractivity contribution in [2.45, 2.75) is 37.7 Å². The summed E-state index contributed by atoms with van der Waals surface area (Å²) < 4.78 is 0. The highest BCUT2D eigenvalue weighted by atomic mass is 16.3. The van der Waals surface area contributed by atoms with Crippen LogP contribution in [0, 0.1) is 0 Å². The minimum atomic E-state index is -1.18. The zero-order chi connectivity index (χ0) is 15.4. The number of aromatic nitrogens is 1. The molecule has 1 aromatic rings. The van der Waals surface area contributed by atoms with Crippen LogP contribution in [0.2, 0.25) is 0 Å². The number of amides is 1. The molecule has 1 amide bonds. The van der Waals surface area contributed by atoms with Gasteiger partial charge in [-0.25, -0.2) is 0 Å². The second-order valence-corrected chi connectivity index (χ2v) is 6.52. The monoisotopic (exact) mass is 303 g/mol. The van der Waals surface area contributed by atoms with E-state index in [0.29, 0.717) is 13.0 Å². The Morgan fingerprint density at radius 1 is 1.18 bits per heavy atom. The van der Waals surface area contributed by atoms with Crippen molar-refractivity contribution in [3.8, 4) is 0 Å². The number of carbonyl (C=O) groups is 1. The predicted molar refractivity (Wildman–Crippen MR) is 84.4 cm³/mol. The molecule has 5 heteroatoms. The summed E-state index contributed by atoms with van der Waals surface area (Å²) in [5.41, 5.74) is 0.0656. The first-order valence-electron chi connectivity index (χ1n) is 8.30. The minimum absolute atomic E-state index is 0.0568. The van der Waals surface area contributed by atoms with E-state index in [1.54, 1.807) is 12.4 Å². The van der Waals surface area contributed by atoms with Crippen molar-refractivity contribution >= 4 is 5.91 Å². The SMILES string of the molecule is O=C(N1CCCC1)C1(O)CCCN(CCc2ccncc2)C1. The van der Waals surface area contributed by atoms with Crippen molar-refractivity contribution in [3.05, 3.63) is 30.1 Å². The van der Waals surface area contributed by atoms with Gasteiger partial charge in [0.2, 0.25) is 0 Å². The van der Waals surface area contributed by atoms with E-state index in [4.69, 9.17) is 0 Å². The molecule has 0 aliphatic carbocycles. The normalized spacial score (nSPS) is 26.3. The lowest BCUT2D eigenvalue weighted by molar-refractivity contribution is -0.156. The van der Waals surface area contributed by atoms with Crippen molar-refractivity contribution < 1.29 is 9.90 Å². The number of nitrogens with zero attached hydrogens (tertiary/aromatic N) is 3. The van der Waals surface area contributed by atoms with Crippen LogP contribution in [0.25, 0.3) is 0 Å². The molecule has 22 heavy (non-hydrogen) atoms. The van der Waals surface area contributed by atoms with Gasteiger partial charge >= 0.3 is 0 Å². The number of aliphatic hydroxyl groups is 1. The van der Waals surface area contributed by atoms with Crippen molar-refractivity contribution in [1.82, 2.24) is 14.8 Å². The van der Waals surface area contributed by atoms with Gasteiger partial charge in [0.05, 0.1) is 0 Å². The second kappa shape index (κ2) is 6.75. The first-order valence-corrected chi connectivity index (χ1v) is 8.30. The number of likely N-dealkylation sites (tertiary alicyclic amines) is 2. The van der Waals surface area contributed by atoms with Crippen molar-refractivity contribution in [3.63, 3.8) is 0 Å². The van der Waals surface area contributed by atoms with Gasteiger partial charge in [0.1, 0.15) is 0 Å². The third-order valence-electron chi connectivity index (χ3n) is 4.81. The van der Waals surface area contributed by atoms with Gasteiger partial charge in [-0.05, 0) is 56.3 Å². The number of β-amino-alcohol motifs (C(OH)–C–C–N with tert-alkyl or cyclic N) is 1. The van der Waals surface area contributed by atoms with E-state index in [1.165, 1.54) is 5.56 Å². The van der Waals surface area contributed by atoms with Crippen LogP contribution in [0.4, 0.5) is 0 Å². The number of rotatable bonds is 4. The first kappa shape index (κ1) is 15.4. The molecular weight excluding hydrogens is 278 g/mol. The van der Waals surface area contributed by atoms with Crippen LogP contribution in [-0.4, -0.2) is 64.1 Å². The fraction of sp³-hybridized carbons (Fsp3) is 0.647. The molecule has 1 N–H and O–H groups in total. The van der Waals surface area contributed by atoms with Crippen LogP contribution >= 0.6 is 0 Å². The lowest BCUT2D eigenvalue weighted by Crippen LogP contribution is -2.57. The highest BCUT2D eigenvalue weighted by molar-refractivity contribution is 5.85. The van der Waals surface area contributed by atoms with E-state index in [2.05, 4.69) is 9.88 Å². The quantitative estimate of drug-likeness (QED) is 0.904. The standard InChI is InChI=1S/C17H25N3O2/c21-16(20-11-1-2-12-20)17(22)7-3-10-19(14-17)13-6-15-4-8-18-9-5-15/h4-5,8-9,22H,1-3,6-7,10-14H2. The third kappa shape index (κ3) is 3.47. The molecule has 3 rings (SSSR count). The van der Waals surface area contributed by atoms with Crippen molar-refractivity contribution in [2.75, 3.05) is 32.7 Å². The maximum atomic E-state index is 12.6. The summed E-state index contributed by atoms with van der Waals surface area (Å²) >= 11 is 0. The maximum absolute atomic E-state index is 12.6. The Bertz CT molecular complexity index is 502. The summed E-state index contributed by atoms with van der Waals surface area (Å²) in [5.74, 6) is -0.0568. The Labute approximate surface area is 131 Å². The molecule has 1 unspecified atom stereocenters. The molecular formula is C17H25N3O2. The molecule has 0 spiro atoms. The van der Waals surface area contributed by atoms with Gasteiger partial charge in [0.25, 0.3) is 5.91 Å². The maximum Gasteiger partial charge on any atom is 0.255 e. The minimum Gasteiger partial charge on any atom is -0.379 e. The Kier molecular flexibility index (Phi) is 4.74. The van der Waals surface area contributed by atoms with Crippen molar-refractivity contribution in [2.24, 2.45) is 0 Å². The van der Waals surface area contributed by atoms with Crippen molar-refractivity contribution in [1.29, 1.82) is 0 Å². The highest BCUT2D eigenvalue weighted by Gasteiger charge is 2.43. The number of hydrogen-bond acceptors (Lipinski definition) is 4. The summed E-state index contributed by atoms with van der Waals surface area (Å²) in [7, 11) is 0. The van der Waals surface area contributed by atoms with Crippen LogP contribution in [0.1, 0.15) is 31.2 Å². The van der Waals surface area contributed by atoms with E-state index in [1.807, 2.05) is 17.0 Å². The molecule has 2 fully saturated rings. The van der Waals surface area contributed by atoms with Gasteiger partial charge in [-0.3, -0.25) is 14.7 Å². The topological polar surface area (TPSA) is 56.7 Å². The van der Waals surface area contributed by atoms with Crippen LogP contribution in [0.5, 0.6) is 0 Å². The molecule has 2 saturated heterocycles. The van der Waals surface area contributed by atoms with E-state index in [-0.39, 0.29) is 5.91 Å². The molecule has 120 valence electrons. The van der Waals surface area contributed by atoms with Gasteiger partial charge < -0.3 is 10.0 Å². The summed E-state index contributed by atoms with van der Waals surface area (Å²) in [6.45, 7) is 3.91. The lowest BCUT2D eigenvalue weighted by atomic mass is 9.91. The number of piperidine rings is 1. The van der Waals surface area contributed by atoms with E-state index in [9.17, 15) is 9.90 Å². The Morgan fingerprint density at radius 3 is 2.64 bits per heavy atom. The third-order valence-corrected chi connectivity index (χ3v) is 4.81. The summed E-state index contributed by atoms with van der Waals surface area (Å²) in [4.78, 5) is 20.7. The number of hydrogen-bond donors (Lipinski definition) is 1. The molecule has 5 nitrogen and oxygen atoms in total. The summed E-state index contributed by atoms with van der Waals surface area (Å²) in [5, 5.41) is 10.8. The van der Waals surface area contributed by atoms with E-state index in [0.717, 1.165) is 51.9 Å². The van der Waals surface area contributed by atoms with Gasteiger partial charge in [-0.2, -0.15) is 0 Å². The highest BCUT2D eigenvalue weighted by Crippen LogP contribution is 2.25. The summed E-state index contributed by atoms with van der Waals surface area (Å²) in [6.07, 6.45) is 8.13. The van der Waals surface area contributed by atoms with E-state index < -0.39 is 5.60 Å². The van der Waals surface area contributed by atoms with Gasteiger partial charge in [-0.15, -0.1) is 0 Å². The van der Waals surface area contributed by atoms with Gasteiger partial charge in [0.15, 0.2) is 5.60 Å². The zero-order valence-electron chi connectivity index (χ0n) is 13.1. The molecule has 0 saturated carbocycles. The second-order valence-electron chi connectivity index (χ2n) is 6.52. The molecule has 1 aromatic heterocycles. The molecule has 0 aromatic carbocycles. The predicted octanol–water partition coefficient (Wildman–Crippen LogP) is 1.07. The average Bonchev–Trinajstić information content (AvgIpc) is 3.08. The Morgan fingerprint density at radius 2 is 1.91 bits per heavy atom. The Balaban J connectivity index is 1.57. The molecule has 1 atom stereocenters. The summed E-state index contributed by atoms with van der Waals surface area (Å²) in [6, 6.07) is 4.04. The number of carbonyl (C=O) groups excluding carboxylic acids is 1. The van der Waals surface area contributed by atoms with Crippen LogP contribution in [-0.2, 0) is 11.2 Å². The smallest absolute Gasteiger partial charge is 0.255 e. The Hall–Kier alpha value is -1.46. The molecule has 3 heterocycles. The fourth-order valence-corrected chi connectivity index (χ4v) is 3.54. The van der Waals surface area contributed by atoms with E-state index >= 15 is 0 Å². The zero-order valence-corrected chi connectivity index (χ0v) is 13.1. The lowest BCUT2D eigenvalue weighted by Gasteiger charge is -2.40. The van der Waals surface area contributed by atoms with Crippen LogP contribution in [0.15, 0.2) is 24.5 Å². The average molecular weight is 303 g/mol. The molecule has 0 radical (unpaired) electrons. The number of pyridine rings is 1. The first-order chi connectivity index (χ1) is 10.7. The van der Waals surface area contributed by atoms with Gasteiger partial charge in [0, 0.05) is 38.6 Å².